The van der Waals surface area contributed by atoms with Gasteiger partial charge in [0.15, 0.2) is 0 Å². The first kappa shape index (κ1) is 14.7. The van der Waals surface area contributed by atoms with Crippen LogP contribution >= 0.6 is 11.3 Å². The van der Waals surface area contributed by atoms with Crippen LogP contribution in [0.15, 0.2) is 29.6 Å². The zero-order valence-corrected chi connectivity index (χ0v) is 12.3. The molecular weight excluding hydrogens is 275 g/mol. The van der Waals surface area contributed by atoms with E-state index in [4.69, 9.17) is 0 Å². The molecule has 0 aliphatic rings. The van der Waals surface area contributed by atoms with Crippen molar-refractivity contribution in [1.82, 2.24) is 10.3 Å². The molecule has 0 unspecified atom stereocenters. The Labute approximate surface area is 121 Å². The molecule has 106 valence electrons. The van der Waals surface area contributed by atoms with Gasteiger partial charge in [-0.1, -0.05) is 13.8 Å². The Bertz CT molecular complexity index is 578. The summed E-state index contributed by atoms with van der Waals surface area (Å²) >= 11 is 1.38. The van der Waals surface area contributed by atoms with Crippen LogP contribution in [0.1, 0.15) is 30.8 Å². The highest BCUT2D eigenvalue weighted by Crippen LogP contribution is 2.23. The molecule has 0 aliphatic heterocycles. The maximum absolute atomic E-state index is 12.9. The third-order valence-electron chi connectivity index (χ3n) is 2.84. The Hall–Kier alpha value is -1.75. The van der Waals surface area contributed by atoms with Crippen LogP contribution in [0.2, 0.25) is 0 Å². The molecule has 0 atom stereocenters. The lowest BCUT2D eigenvalue weighted by atomic mass is 10.1. The molecule has 2 rings (SSSR count). The van der Waals surface area contributed by atoms with Crippen LogP contribution in [0.5, 0.6) is 0 Å². The normalized spacial score (nSPS) is 10.8. The highest BCUT2D eigenvalue weighted by molar-refractivity contribution is 7.13. The van der Waals surface area contributed by atoms with Crippen molar-refractivity contribution in [2.45, 2.75) is 20.3 Å². The molecule has 1 heterocycles. The fourth-order valence-corrected chi connectivity index (χ4v) is 2.47. The first-order valence-corrected chi connectivity index (χ1v) is 7.44. The average Bonchev–Trinajstić information content (AvgIpc) is 2.88. The molecule has 20 heavy (non-hydrogen) atoms. The summed E-state index contributed by atoms with van der Waals surface area (Å²) in [4.78, 5) is 16.2. The largest absolute Gasteiger partial charge is 0.351 e. The van der Waals surface area contributed by atoms with Crippen LogP contribution in [-0.2, 0) is 0 Å². The quantitative estimate of drug-likeness (QED) is 0.912. The number of amides is 1. The van der Waals surface area contributed by atoms with Crippen molar-refractivity contribution in [2.75, 3.05) is 6.54 Å². The van der Waals surface area contributed by atoms with Crippen molar-refractivity contribution in [2.24, 2.45) is 5.92 Å². The Morgan fingerprint density at radius 1 is 1.35 bits per heavy atom. The van der Waals surface area contributed by atoms with E-state index in [0.29, 0.717) is 18.2 Å². The molecule has 0 aliphatic carbocycles. The Balaban J connectivity index is 2.01. The second-order valence-corrected chi connectivity index (χ2v) is 5.84. The van der Waals surface area contributed by atoms with Crippen LogP contribution in [0.3, 0.4) is 0 Å². The first-order chi connectivity index (χ1) is 9.56. The summed E-state index contributed by atoms with van der Waals surface area (Å²) < 4.78 is 12.9. The van der Waals surface area contributed by atoms with Crippen LogP contribution in [0, 0.1) is 11.7 Å². The minimum absolute atomic E-state index is 0.157. The van der Waals surface area contributed by atoms with Crippen LogP contribution < -0.4 is 5.32 Å². The molecule has 0 radical (unpaired) electrons. The lowest BCUT2D eigenvalue weighted by Crippen LogP contribution is -2.25. The Kier molecular flexibility index (Phi) is 4.84. The maximum Gasteiger partial charge on any atom is 0.270 e. The number of nitrogens with zero attached hydrogens (tertiary/aromatic N) is 1. The fraction of sp³-hybridized carbons (Fsp3) is 0.333. The molecule has 5 heteroatoms. The minimum Gasteiger partial charge on any atom is -0.351 e. The maximum atomic E-state index is 12.9. The molecule has 3 nitrogen and oxygen atoms in total. The third-order valence-corrected chi connectivity index (χ3v) is 3.73. The van der Waals surface area contributed by atoms with Crippen molar-refractivity contribution in [3.63, 3.8) is 0 Å². The number of nitrogens with one attached hydrogen (secondary N) is 1. The molecule has 2 aromatic rings. The predicted octanol–water partition coefficient (Wildman–Crippen LogP) is 3.73. The molecule has 1 N–H and O–H groups in total. The van der Waals surface area contributed by atoms with Gasteiger partial charge < -0.3 is 5.32 Å². The van der Waals surface area contributed by atoms with Crippen LogP contribution in [0.4, 0.5) is 4.39 Å². The van der Waals surface area contributed by atoms with Gasteiger partial charge in [-0.3, -0.25) is 4.79 Å². The van der Waals surface area contributed by atoms with Gasteiger partial charge in [0.25, 0.3) is 5.91 Å². The second kappa shape index (κ2) is 6.61. The highest BCUT2D eigenvalue weighted by atomic mass is 32.1. The number of rotatable bonds is 5. The second-order valence-electron chi connectivity index (χ2n) is 4.98. The number of hydrogen-bond acceptors (Lipinski definition) is 3. The fourth-order valence-electron chi connectivity index (χ4n) is 1.67. The summed E-state index contributed by atoms with van der Waals surface area (Å²) in [5, 5.41) is 5.30. The summed E-state index contributed by atoms with van der Waals surface area (Å²) in [5.74, 6) is 0.118. The molecule has 0 fully saturated rings. The van der Waals surface area contributed by atoms with E-state index in [1.165, 1.54) is 23.5 Å². The van der Waals surface area contributed by atoms with Crippen molar-refractivity contribution >= 4 is 17.2 Å². The first-order valence-electron chi connectivity index (χ1n) is 6.56. The standard InChI is InChI=1S/C15H17FN2OS/c1-10(2)7-8-17-14(19)13-9-20-15(18-13)11-3-5-12(16)6-4-11/h3-6,9-10H,7-8H2,1-2H3,(H,17,19). The number of thiazole rings is 1. The van der Waals surface area contributed by atoms with E-state index in [-0.39, 0.29) is 11.7 Å². The zero-order chi connectivity index (χ0) is 14.5. The Morgan fingerprint density at radius 2 is 2.05 bits per heavy atom. The molecule has 0 spiro atoms. The van der Waals surface area contributed by atoms with Gasteiger partial charge in [0.05, 0.1) is 0 Å². The SMILES string of the molecule is CC(C)CCNC(=O)c1csc(-c2ccc(F)cc2)n1. The topological polar surface area (TPSA) is 42.0 Å². The monoisotopic (exact) mass is 292 g/mol. The predicted molar refractivity (Wildman–Crippen MR) is 79.3 cm³/mol. The Morgan fingerprint density at radius 3 is 2.70 bits per heavy atom. The van der Waals surface area contributed by atoms with Crippen molar-refractivity contribution in [3.05, 3.63) is 41.2 Å². The molecular formula is C15H17FN2OS. The van der Waals surface area contributed by atoms with Gasteiger partial charge in [-0.25, -0.2) is 9.37 Å². The number of benzene rings is 1. The lowest BCUT2D eigenvalue weighted by Gasteiger charge is -2.05. The molecule has 1 aromatic heterocycles. The average molecular weight is 292 g/mol. The van der Waals surface area contributed by atoms with Gasteiger partial charge in [-0.05, 0) is 36.6 Å². The molecule has 1 aromatic carbocycles. The summed E-state index contributed by atoms with van der Waals surface area (Å²) in [6, 6.07) is 6.10. The molecule has 1 amide bonds. The van der Waals surface area contributed by atoms with Gasteiger partial charge in [0, 0.05) is 17.5 Å². The van der Waals surface area contributed by atoms with E-state index in [2.05, 4.69) is 24.1 Å². The van der Waals surface area contributed by atoms with Crippen molar-refractivity contribution in [3.8, 4) is 10.6 Å². The van der Waals surface area contributed by atoms with E-state index < -0.39 is 0 Å². The lowest BCUT2D eigenvalue weighted by molar-refractivity contribution is 0.0948. The van der Waals surface area contributed by atoms with Gasteiger partial charge >= 0.3 is 0 Å². The van der Waals surface area contributed by atoms with E-state index in [9.17, 15) is 9.18 Å². The van der Waals surface area contributed by atoms with Gasteiger partial charge in [0.2, 0.25) is 0 Å². The minimum atomic E-state index is -0.281. The number of halogens is 1. The molecule has 0 saturated carbocycles. The third kappa shape index (κ3) is 3.87. The highest BCUT2D eigenvalue weighted by Gasteiger charge is 2.11. The number of hydrogen-bond donors (Lipinski definition) is 1. The van der Waals surface area contributed by atoms with E-state index in [0.717, 1.165) is 17.0 Å². The number of aromatic nitrogens is 1. The summed E-state index contributed by atoms with van der Waals surface area (Å²) in [7, 11) is 0. The van der Waals surface area contributed by atoms with Gasteiger partial charge in [-0.15, -0.1) is 11.3 Å². The van der Waals surface area contributed by atoms with Gasteiger partial charge in [0.1, 0.15) is 16.5 Å². The van der Waals surface area contributed by atoms with Crippen molar-refractivity contribution in [1.29, 1.82) is 0 Å². The number of carbonyl (C=O) groups excluding carboxylic acids is 1. The smallest absolute Gasteiger partial charge is 0.270 e. The van der Waals surface area contributed by atoms with Gasteiger partial charge in [-0.2, -0.15) is 0 Å². The van der Waals surface area contributed by atoms with Crippen molar-refractivity contribution < 1.29 is 9.18 Å². The van der Waals surface area contributed by atoms with Crippen LogP contribution in [-0.4, -0.2) is 17.4 Å². The number of carbonyl (C=O) groups is 1. The molecule has 0 saturated heterocycles. The molecule has 0 bridgehead atoms. The van der Waals surface area contributed by atoms with E-state index in [1.807, 2.05) is 0 Å². The van der Waals surface area contributed by atoms with Crippen LogP contribution in [0.25, 0.3) is 10.6 Å². The van der Waals surface area contributed by atoms with E-state index in [1.54, 1.807) is 17.5 Å². The van der Waals surface area contributed by atoms with E-state index >= 15 is 0 Å². The summed E-state index contributed by atoms with van der Waals surface area (Å²) in [6.45, 7) is 4.88. The summed E-state index contributed by atoms with van der Waals surface area (Å²) in [6.07, 6.45) is 0.945. The zero-order valence-electron chi connectivity index (χ0n) is 11.5. The summed E-state index contributed by atoms with van der Waals surface area (Å²) in [5.41, 5.74) is 1.23.